The molecule has 0 heterocycles. The molecule has 2 aromatic rings. The second-order valence-electron chi connectivity index (χ2n) is 7.10. The molecule has 0 unspecified atom stereocenters. The van der Waals surface area contributed by atoms with Crippen LogP contribution in [0.25, 0.3) is 0 Å². The molecule has 1 amide bonds. The van der Waals surface area contributed by atoms with Gasteiger partial charge >= 0.3 is 5.97 Å². The summed E-state index contributed by atoms with van der Waals surface area (Å²) < 4.78 is 5.16. The number of ketones is 1. The van der Waals surface area contributed by atoms with E-state index in [0.29, 0.717) is 11.3 Å². The number of ether oxygens (including phenoxy) is 1. The van der Waals surface area contributed by atoms with E-state index < -0.39 is 18.0 Å². The average molecular weight is 379 g/mol. The molecule has 0 bridgehead atoms. The lowest BCUT2D eigenvalue weighted by Gasteiger charge is -2.16. The van der Waals surface area contributed by atoms with Gasteiger partial charge < -0.3 is 10.1 Å². The number of Topliss-reactive ketones (excluding diaryl/α,β-unsaturated/α-hetero) is 1. The molecule has 0 fully saturated rings. The Labute approximate surface area is 165 Å². The molecule has 1 N–H and O–H groups in total. The molecule has 0 saturated carbocycles. The molecule has 1 aliphatic rings. The molecule has 0 aliphatic heterocycles. The fourth-order valence-electron chi connectivity index (χ4n) is 3.34. The Morgan fingerprint density at radius 3 is 2.43 bits per heavy atom. The monoisotopic (exact) mass is 379 g/mol. The van der Waals surface area contributed by atoms with Gasteiger partial charge in [-0.1, -0.05) is 30.3 Å². The van der Waals surface area contributed by atoms with E-state index in [1.165, 1.54) is 24.5 Å². The normalized spacial score (nSPS) is 13.9. The summed E-state index contributed by atoms with van der Waals surface area (Å²) in [4.78, 5) is 36.5. The number of amides is 1. The summed E-state index contributed by atoms with van der Waals surface area (Å²) in [6, 6.07) is 14.8. The molecule has 0 spiro atoms. The van der Waals surface area contributed by atoms with E-state index in [4.69, 9.17) is 4.74 Å². The quantitative estimate of drug-likeness (QED) is 0.581. The Morgan fingerprint density at radius 2 is 1.68 bits per heavy atom. The Morgan fingerprint density at radius 1 is 0.964 bits per heavy atom. The lowest BCUT2D eigenvalue weighted by Crippen LogP contribution is -2.30. The van der Waals surface area contributed by atoms with Gasteiger partial charge in [0.1, 0.15) is 0 Å². The van der Waals surface area contributed by atoms with Crippen LogP contribution in [0.2, 0.25) is 0 Å². The predicted octanol–water partition coefficient (Wildman–Crippen LogP) is 4.10. The van der Waals surface area contributed by atoms with E-state index in [0.717, 1.165) is 19.3 Å². The van der Waals surface area contributed by atoms with Crippen molar-refractivity contribution in [3.63, 3.8) is 0 Å². The third-order valence-corrected chi connectivity index (χ3v) is 4.95. The predicted molar refractivity (Wildman–Crippen MR) is 107 cm³/mol. The number of hydrogen-bond donors (Lipinski definition) is 1. The Hall–Kier alpha value is -2.95. The van der Waals surface area contributed by atoms with Crippen molar-refractivity contribution in [3.05, 3.63) is 65.2 Å². The van der Waals surface area contributed by atoms with Gasteiger partial charge in [-0.05, 0) is 61.9 Å². The number of fused-ring (bicyclic) bond motifs is 1. The molecule has 3 rings (SSSR count). The van der Waals surface area contributed by atoms with Gasteiger partial charge in [-0.2, -0.15) is 0 Å². The van der Waals surface area contributed by atoms with Crippen LogP contribution in [0.4, 0.5) is 5.69 Å². The van der Waals surface area contributed by atoms with E-state index >= 15 is 0 Å². The summed E-state index contributed by atoms with van der Waals surface area (Å²) in [6.45, 7) is 1.52. The van der Waals surface area contributed by atoms with Gasteiger partial charge in [-0.25, -0.2) is 0 Å². The first-order valence-corrected chi connectivity index (χ1v) is 9.73. The standard InChI is InChI=1S/C23H25NO4/c1-16(23(27)24-20-9-3-2-4-10-20)28-22(26)14-13-21(25)19-12-11-17-7-5-6-8-18(17)15-19/h2-4,9-12,15-16H,5-8,13-14H2,1H3,(H,24,27)/t16-/m0/s1. The van der Waals surface area contributed by atoms with Crippen molar-refractivity contribution in [1.29, 1.82) is 0 Å². The van der Waals surface area contributed by atoms with Gasteiger partial charge in [-0.3, -0.25) is 14.4 Å². The molecule has 1 atom stereocenters. The summed E-state index contributed by atoms with van der Waals surface area (Å²) >= 11 is 0. The van der Waals surface area contributed by atoms with Crippen molar-refractivity contribution >= 4 is 23.3 Å². The van der Waals surface area contributed by atoms with Crippen molar-refractivity contribution in [2.75, 3.05) is 5.32 Å². The van der Waals surface area contributed by atoms with Gasteiger partial charge in [0.2, 0.25) is 0 Å². The van der Waals surface area contributed by atoms with Gasteiger partial charge in [0.25, 0.3) is 5.91 Å². The largest absolute Gasteiger partial charge is 0.453 e. The van der Waals surface area contributed by atoms with Crippen molar-refractivity contribution < 1.29 is 19.1 Å². The average Bonchev–Trinajstić information content (AvgIpc) is 2.72. The summed E-state index contributed by atoms with van der Waals surface area (Å²) in [5.41, 5.74) is 3.84. The number of benzene rings is 2. The highest BCUT2D eigenvalue weighted by molar-refractivity contribution is 5.98. The fourth-order valence-corrected chi connectivity index (χ4v) is 3.34. The number of aryl methyl sites for hydroxylation is 2. The van der Waals surface area contributed by atoms with Crippen LogP contribution in [0, 0.1) is 0 Å². The molecule has 0 saturated heterocycles. The summed E-state index contributed by atoms with van der Waals surface area (Å²) in [5.74, 6) is -1.03. The topological polar surface area (TPSA) is 72.5 Å². The van der Waals surface area contributed by atoms with E-state index in [1.807, 2.05) is 24.3 Å². The van der Waals surface area contributed by atoms with Crippen LogP contribution >= 0.6 is 0 Å². The molecule has 0 radical (unpaired) electrons. The zero-order valence-electron chi connectivity index (χ0n) is 16.1. The van der Waals surface area contributed by atoms with Crippen molar-refractivity contribution in [3.8, 4) is 0 Å². The first kappa shape index (κ1) is 19.8. The highest BCUT2D eigenvalue weighted by Crippen LogP contribution is 2.23. The highest BCUT2D eigenvalue weighted by atomic mass is 16.5. The van der Waals surface area contributed by atoms with Gasteiger partial charge in [0.05, 0.1) is 6.42 Å². The van der Waals surface area contributed by atoms with E-state index in [2.05, 4.69) is 5.32 Å². The number of hydrogen-bond acceptors (Lipinski definition) is 4. The highest BCUT2D eigenvalue weighted by Gasteiger charge is 2.19. The molecule has 0 aromatic heterocycles. The fraction of sp³-hybridized carbons (Fsp3) is 0.348. The summed E-state index contributed by atoms with van der Waals surface area (Å²) in [7, 11) is 0. The maximum atomic E-state index is 12.4. The Kier molecular flexibility index (Phi) is 6.58. The Balaban J connectivity index is 1.47. The first-order valence-electron chi connectivity index (χ1n) is 9.73. The minimum atomic E-state index is -0.924. The maximum Gasteiger partial charge on any atom is 0.307 e. The van der Waals surface area contributed by atoms with Crippen molar-refractivity contribution in [2.24, 2.45) is 0 Å². The molecule has 5 heteroatoms. The molecule has 28 heavy (non-hydrogen) atoms. The lowest BCUT2D eigenvalue weighted by molar-refractivity contribution is -0.153. The first-order chi connectivity index (χ1) is 13.5. The minimum absolute atomic E-state index is 0.0428. The van der Waals surface area contributed by atoms with Gasteiger partial charge in [0.15, 0.2) is 11.9 Å². The number of carbonyl (C=O) groups excluding carboxylic acids is 3. The van der Waals surface area contributed by atoms with Crippen LogP contribution in [-0.2, 0) is 27.2 Å². The number of rotatable bonds is 7. The molecular weight excluding hydrogens is 354 g/mol. The zero-order valence-corrected chi connectivity index (χ0v) is 16.1. The van der Waals surface area contributed by atoms with Gasteiger partial charge in [-0.15, -0.1) is 0 Å². The molecule has 5 nitrogen and oxygen atoms in total. The van der Waals surface area contributed by atoms with E-state index in [-0.39, 0.29) is 18.6 Å². The van der Waals surface area contributed by atoms with Crippen LogP contribution in [0.5, 0.6) is 0 Å². The third kappa shape index (κ3) is 5.28. The summed E-state index contributed by atoms with van der Waals surface area (Å²) in [6.07, 6.45) is 3.53. The molecular formula is C23H25NO4. The number of carbonyl (C=O) groups is 3. The maximum absolute atomic E-state index is 12.4. The number of esters is 1. The number of para-hydroxylation sites is 1. The van der Waals surface area contributed by atoms with Crippen molar-refractivity contribution in [2.45, 2.75) is 51.6 Å². The molecule has 2 aromatic carbocycles. The molecule has 1 aliphatic carbocycles. The van der Waals surface area contributed by atoms with Crippen LogP contribution in [0.1, 0.15) is 54.1 Å². The minimum Gasteiger partial charge on any atom is -0.453 e. The second kappa shape index (κ2) is 9.31. The lowest BCUT2D eigenvalue weighted by atomic mass is 9.89. The smallest absolute Gasteiger partial charge is 0.307 e. The second-order valence-corrected chi connectivity index (χ2v) is 7.10. The SMILES string of the molecule is C[C@H](OC(=O)CCC(=O)c1ccc2c(c1)CCCC2)C(=O)Nc1ccccc1. The summed E-state index contributed by atoms with van der Waals surface area (Å²) in [5, 5.41) is 2.68. The van der Waals surface area contributed by atoms with Crippen molar-refractivity contribution in [1.82, 2.24) is 0 Å². The van der Waals surface area contributed by atoms with Gasteiger partial charge in [0, 0.05) is 17.7 Å². The van der Waals surface area contributed by atoms with Crippen LogP contribution < -0.4 is 5.32 Å². The van der Waals surface area contributed by atoms with Crippen LogP contribution in [0.3, 0.4) is 0 Å². The van der Waals surface area contributed by atoms with Crippen LogP contribution in [0.15, 0.2) is 48.5 Å². The number of anilines is 1. The third-order valence-electron chi connectivity index (χ3n) is 4.95. The van der Waals surface area contributed by atoms with Crippen LogP contribution in [-0.4, -0.2) is 23.8 Å². The zero-order chi connectivity index (χ0) is 19.9. The number of nitrogens with one attached hydrogen (secondary N) is 1. The Bertz CT molecular complexity index is 860. The van der Waals surface area contributed by atoms with E-state index in [1.54, 1.807) is 24.3 Å². The molecule has 146 valence electrons. The van der Waals surface area contributed by atoms with E-state index in [9.17, 15) is 14.4 Å².